The number of nitrogens with one attached hydrogen (secondary N) is 1. The second-order valence-corrected chi connectivity index (χ2v) is 5.81. The molecular formula is C17H20FN. The van der Waals surface area contributed by atoms with E-state index >= 15 is 0 Å². The summed E-state index contributed by atoms with van der Waals surface area (Å²) in [4.78, 5) is 0. The van der Waals surface area contributed by atoms with Gasteiger partial charge in [0.25, 0.3) is 0 Å². The SMILES string of the molecule is CC(C)(C)c1ccc(CNc2ccc(F)cc2)cc1. The van der Waals surface area contributed by atoms with E-state index in [1.807, 2.05) is 0 Å². The van der Waals surface area contributed by atoms with Crippen LogP contribution in [0.1, 0.15) is 31.9 Å². The molecule has 100 valence electrons. The normalized spacial score (nSPS) is 11.4. The van der Waals surface area contributed by atoms with Crippen molar-refractivity contribution in [1.29, 1.82) is 0 Å². The molecule has 0 radical (unpaired) electrons. The van der Waals surface area contributed by atoms with Crippen LogP contribution in [0, 0.1) is 5.82 Å². The fourth-order valence-electron chi connectivity index (χ4n) is 1.89. The first-order chi connectivity index (χ1) is 8.95. The van der Waals surface area contributed by atoms with E-state index in [0.29, 0.717) is 0 Å². The van der Waals surface area contributed by atoms with Gasteiger partial charge in [-0.2, -0.15) is 0 Å². The first kappa shape index (κ1) is 13.6. The van der Waals surface area contributed by atoms with Gasteiger partial charge in [-0.15, -0.1) is 0 Å². The fourth-order valence-corrected chi connectivity index (χ4v) is 1.89. The van der Waals surface area contributed by atoms with Crippen LogP contribution in [0.4, 0.5) is 10.1 Å². The highest BCUT2D eigenvalue weighted by atomic mass is 19.1. The molecule has 1 N–H and O–H groups in total. The van der Waals surface area contributed by atoms with Crippen LogP contribution in [0.15, 0.2) is 48.5 Å². The first-order valence-corrected chi connectivity index (χ1v) is 6.54. The largest absolute Gasteiger partial charge is 0.381 e. The van der Waals surface area contributed by atoms with Gasteiger partial charge in [0.2, 0.25) is 0 Å². The Kier molecular flexibility index (Phi) is 3.89. The summed E-state index contributed by atoms with van der Waals surface area (Å²) < 4.78 is 12.8. The molecule has 0 fully saturated rings. The van der Waals surface area contributed by atoms with Gasteiger partial charge in [0.15, 0.2) is 0 Å². The summed E-state index contributed by atoms with van der Waals surface area (Å²) in [6.45, 7) is 7.37. The van der Waals surface area contributed by atoms with Crippen LogP contribution in [0.3, 0.4) is 0 Å². The predicted molar refractivity (Wildman–Crippen MR) is 78.9 cm³/mol. The lowest BCUT2D eigenvalue weighted by Crippen LogP contribution is -2.11. The zero-order chi connectivity index (χ0) is 13.9. The molecule has 0 heterocycles. The summed E-state index contributed by atoms with van der Waals surface area (Å²) >= 11 is 0. The van der Waals surface area contributed by atoms with Crippen LogP contribution in [0.25, 0.3) is 0 Å². The molecule has 0 saturated heterocycles. The Hall–Kier alpha value is -1.83. The first-order valence-electron chi connectivity index (χ1n) is 6.54. The molecule has 0 aromatic heterocycles. The molecule has 0 amide bonds. The van der Waals surface area contributed by atoms with Gasteiger partial charge < -0.3 is 5.32 Å². The van der Waals surface area contributed by atoms with Gasteiger partial charge in [0, 0.05) is 12.2 Å². The van der Waals surface area contributed by atoms with Gasteiger partial charge in [-0.1, -0.05) is 45.0 Å². The minimum atomic E-state index is -0.208. The van der Waals surface area contributed by atoms with Crippen LogP contribution in [0.2, 0.25) is 0 Å². The third-order valence-corrected chi connectivity index (χ3v) is 3.16. The molecule has 0 saturated carbocycles. The average molecular weight is 257 g/mol. The zero-order valence-electron chi connectivity index (χ0n) is 11.7. The van der Waals surface area contributed by atoms with Crippen LogP contribution in [-0.4, -0.2) is 0 Å². The zero-order valence-corrected chi connectivity index (χ0v) is 11.7. The molecule has 2 aromatic carbocycles. The van der Waals surface area contributed by atoms with Crippen molar-refractivity contribution in [2.75, 3.05) is 5.32 Å². The summed E-state index contributed by atoms with van der Waals surface area (Å²) in [7, 11) is 0. The Labute approximate surface area is 114 Å². The minimum absolute atomic E-state index is 0.183. The Bertz CT molecular complexity index is 521. The van der Waals surface area contributed by atoms with Crippen molar-refractivity contribution in [3.05, 3.63) is 65.5 Å². The number of hydrogen-bond donors (Lipinski definition) is 1. The maximum Gasteiger partial charge on any atom is 0.123 e. The summed E-state index contributed by atoms with van der Waals surface area (Å²) in [5.41, 5.74) is 3.67. The van der Waals surface area contributed by atoms with Crippen molar-refractivity contribution in [1.82, 2.24) is 0 Å². The molecule has 0 unspecified atom stereocenters. The van der Waals surface area contributed by atoms with Crippen LogP contribution in [-0.2, 0) is 12.0 Å². The highest BCUT2D eigenvalue weighted by molar-refractivity contribution is 5.43. The van der Waals surface area contributed by atoms with Gasteiger partial charge in [0.1, 0.15) is 5.82 Å². The second kappa shape index (κ2) is 5.43. The quantitative estimate of drug-likeness (QED) is 0.837. The number of anilines is 1. The van der Waals surface area contributed by atoms with E-state index in [4.69, 9.17) is 0 Å². The molecule has 0 spiro atoms. The molecule has 2 heteroatoms. The summed E-state index contributed by atoms with van der Waals surface area (Å²) in [6, 6.07) is 15.0. The van der Waals surface area contributed by atoms with Crippen molar-refractivity contribution in [2.45, 2.75) is 32.7 Å². The number of hydrogen-bond acceptors (Lipinski definition) is 1. The minimum Gasteiger partial charge on any atom is -0.381 e. The second-order valence-electron chi connectivity index (χ2n) is 5.81. The van der Waals surface area contributed by atoms with Crippen molar-refractivity contribution in [3.63, 3.8) is 0 Å². The Morgan fingerprint density at radius 2 is 1.47 bits per heavy atom. The number of benzene rings is 2. The monoisotopic (exact) mass is 257 g/mol. The van der Waals surface area contributed by atoms with E-state index in [2.05, 4.69) is 50.4 Å². The lowest BCUT2D eigenvalue weighted by atomic mass is 9.87. The maximum atomic E-state index is 12.8. The van der Waals surface area contributed by atoms with Crippen LogP contribution < -0.4 is 5.32 Å². The van der Waals surface area contributed by atoms with E-state index in [9.17, 15) is 4.39 Å². The van der Waals surface area contributed by atoms with E-state index in [1.54, 1.807) is 12.1 Å². The molecule has 2 aromatic rings. The third kappa shape index (κ3) is 3.82. The highest BCUT2D eigenvalue weighted by Crippen LogP contribution is 2.22. The highest BCUT2D eigenvalue weighted by Gasteiger charge is 2.12. The fraction of sp³-hybridized carbons (Fsp3) is 0.294. The Morgan fingerprint density at radius 1 is 0.895 bits per heavy atom. The topological polar surface area (TPSA) is 12.0 Å². The van der Waals surface area contributed by atoms with Crippen molar-refractivity contribution < 1.29 is 4.39 Å². The summed E-state index contributed by atoms with van der Waals surface area (Å²) in [5.74, 6) is -0.208. The van der Waals surface area contributed by atoms with Gasteiger partial charge in [-0.05, 0) is 40.8 Å². The van der Waals surface area contributed by atoms with Crippen LogP contribution >= 0.6 is 0 Å². The Balaban J connectivity index is 1.98. The number of halogens is 1. The molecule has 0 aliphatic carbocycles. The smallest absolute Gasteiger partial charge is 0.123 e. The lowest BCUT2D eigenvalue weighted by molar-refractivity contribution is 0.590. The number of rotatable bonds is 3. The Morgan fingerprint density at radius 3 is 2.00 bits per heavy atom. The van der Waals surface area contributed by atoms with Gasteiger partial charge in [-0.3, -0.25) is 0 Å². The van der Waals surface area contributed by atoms with Gasteiger partial charge in [0.05, 0.1) is 0 Å². The molecular weight excluding hydrogens is 237 g/mol. The van der Waals surface area contributed by atoms with E-state index < -0.39 is 0 Å². The van der Waals surface area contributed by atoms with Gasteiger partial charge >= 0.3 is 0 Å². The van der Waals surface area contributed by atoms with E-state index in [1.165, 1.54) is 23.3 Å². The molecule has 19 heavy (non-hydrogen) atoms. The van der Waals surface area contributed by atoms with Crippen molar-refractivity contribution in [3.8, 4) is 0 Å². The molecule has 0 bridgehead atoms. The molecule has 0 aliphatic heterocycles. The summed E-state index contributed by atoms with van der Waals surface area (Å²) in [6.07, 6.45) is 0. The average Bonchev–Trinajstić information content (AvgIpc) is 2.37. The maximum absolute atomic E-state index is 12.8. The molecule has 1 nitrogen and oxygen atoms in total. The van der Waals surface area contributed by atoms with E-state index in [-0.39, 0.29) is 11.2 Å². The third-order valence-electron chi connectivity index (χ3n) is 3.16. The predicted octanol–water partition coefficient (Wildman–Crippen LogP) is 4.74. The lowest BCUT2D eigenvalue weighted by Gasteiger charge is -2.19. The van der Waals surface area contributed by atoms with Crippen molar-refractivity contribution in [2.24, 2.45) is 0 Å². The molecule has 0 atom stereocenters. The van der Waals surface area contributed by atoms with Gasteiger partial charge in [-0.25, -0.2) is 4.39 Å². The van der Waals surface area contributed by atoms with Crippen LogP contribution in [0.5, 0.6) is 0 Å². The van der Waals surface area contributed by atoms with E-state index in [0.717, 1.165) is 12.2 Å². The standard InChI is InChI=1S/C17H20FN/c1-17(2,3)14-6-4-13(5-7-14)12-19-16-10-8-15(18)9-11-16/h4-11,19H,12H2,1-3H3. The molecule has 2 rings (SSSR count). The summed E-state index contributed by atoms with van der Waals surface area (Å²) in [5, 5.41) is 3.28. The molecule has 0 aliphatic rings. The van der Waals surface area contributed by atoms with Crippen molar-refractivity contribution >= 4 is 5.69 Å².